The summed E-state index contributed by atoms with van der Waals surface area (Å²) in [6.07, 6.45) is 3.68. The molecule has 0 saturated heterocycles. The molecule has 0 saturated carbocycles. The van der Waals surface area contributed by atoms with Crippen LogP contribution in [-0.4, -0.2) is 11.1 Å². The zero-order valence-electron chi connectivity index (χ0n) is 11.0. The van der Waals surface area contributed by atoms with Gasteiger partial charge in [-0.1, -0.05) is 0 Å². The van der Waals surface area contributed by atoms with E-state index in [-0.39, 0.29) is 6.10 Å². The molecule has 3 nitrogen and oxygen atoms in total. The van der Waals surface area contributed by atoms with Crippen LogP contribution in [0.3, 0.4) is 0 Å². The van der Waals surface area contributed by atoms with E-state index in [1.165, 1.54) is 0 Å². The molecule has 0 spiro atoms. The topological polar surface area (TPSA) is 48.1 Å². The zero-order chi connectivity index (χ0) is 13.1. The summed E-state index contributed by atoms with van der Waals surface area (Å²) in [6.45, 7) is 6.03. The van der Waals surface area contributed by atoms with Crippen molar-refractivity contribution in [3.8, 4) is 16.9 Å². The molecule has 2 aromatic rings. The molecule has 94 valence electrons. The number of benzene rings is 1. The number of rotatable bonds is 3. The monoisotopic (exact) mass is 242 g/mol. The summed E-state index contributed by atoms with van der Waals surface area (Å²) >= 11 is 0. The largest absolute Gasteiger partial charge is 0.489 e. The third-order valence-electron chi connectivity index (χ3n) is 2.71. The van der Waals surface area contributed by atoms with Crippen LogP contribution >= 0.6 is 0 Å². The highest BCUT2D eigenvalue weighted by Crippen LogP contribution is 2.32. The Bertz CT molecular complexity index is 536. The highest BCUT2D eigenvalue weighted by molar-refractivity contribution is 5.73. The van der Waals surface area contributed by atoms with E-state index in [4.69, 9.17) is 10.5 Å². The van der Waals surface area contributed by atoms with Crippen molar-refractivity contribution in [2.24, 2.45) is 0 Å². The van der Waals surface area contributed by atoms with Crippen LogP contribution in [0.4, 0.5) is 5.69 Å². The maximum absolute atomic E-state index is 5.98. The summed E-state index contributed by atoms with van der Waals surface area (Å²) in [4.78, 5) is 4.03. The standard InChI is InChI=1S/C15H18N2O/c1-10(2)18-15-9-13(11(3)8-14(15)16)12-4-6-17-7-5-12/h4-10H,16H2,1-3H3. The molecule has 1 heterocycles. The summed E-state index contributed by atoms with van der Waals surface area (Å²) in [5.41, 5.74) is 10.0. The van der Waals surface area contributed by atoms with E-state index < -0.39 is 0 Å². The van der Waals surface area contributed by atoms with Crippen LogP contribution in [0.25, 0.3) is 11.1 Å². The van der Waals surface area contributed by atoms with E-state index >= 15 is 0 Å². The van der Waals surface area contributed by atoms with E-state index in [0.29, 0.717) is 5.69 Å². The number of nitrogen functional groups attached to an aromatic ring is 1. The normalized spacial score (nSPS) is 10.7. The van der Waals surface area contributed by atoms with Crippen molar-refractivity contribution in [1.29, 1.82) is 0 Å². The van der Waals surface area contributed by atoms with Gasteiger partial charge in [-0.05, 0) is 61.7 Å². The van der Waals surface area contributed by atoms with E-state index in [1.807, 2.05) is 45.0 Å². The van der Waals surface area contributed by atoms with Gasteiger partial charge in [0.05, 0.1) is 11.8 Å². The quantitative estimate of drug-likeness (QED) is 0.839. The Labute approximate surface area is 108 Å². The Kier molecular flexibility index (Phi) is 3.51. The lowest BCUT2D eigenvalue weighted by Gasteiger charge is -2.15. The Morgan fingerprint density at radius 2 is 1.83 bits per heavy atom. The van der Waals surface area contributed by atoms with Crippen LogP contribution < -0.4 is 10.5 Å². The molecular weight excluding hydrogens is 224 g/mol. The van der Waals surface area contributed by atoms with Gasteiger partial charge in [-0.2, -0.15) is 0 Å². The van der Waals surface area contributed by atoms with Crippen molar-refractivity contribution < 1.29 is 4.74 Å². The highest BCUT2D eigenvalue weighted by Gasteiger charge is 2.09. The molecule has 0 aliphatic carbocycles. The van der Waals surface area contributed by atoms with Gasteiger partial charge < -0.3 is 10.5 Å². The number of hydrogen-bond donors (Lipinski definition) is 1. The summed E-state index contributed by atoms with van der Waals surface area (Å²) in [5.74, 6) is 0.738. The first kappa shape index (κ1) is 12.4. The summed E-state index contributed by atoms with van der Waals surface area (Å²) in [6, 6.07) is 7.92. The first-order valence-electron chi connectivity index (χ1n) is 6.05. The van der Waals surface area contributed by atoms with Crippen molar-refractivity contribution >= 4 is 5.69 Å². The fourth-order valence-electron chi connectivity index (χ4n) is 1.91. The Balaban J connectivity index is 2.48. The molecule has 3 heteroatoms. The van der Waals surface area contributed by atoms with Gasteiger partial charge in [-0.15, -0.1) is 0 Å². The number of aromatic nitrogens is 1. The Hall–Kier alpha value is -2.03. The third-order valence-corrected chi connectivity index (χ3v) is 2.71. The summed E-state index contributed by atoms with van der Waals surface area (Å²) in [7, 11) is 0. The predicted molar refractivity (Wildman–Crippen MR) is 74.6 cm³/mol. The van der Waals surface area contributed by atoms with E-state index in [1.54, 1.807) is 12.4 Å². The van der Waals surface area contributed by atoms with Crippen molar-refractivity contribution in [2.75, 3.05) is 5.73 Å². The second-order valence-corrected chi connectivity index (χ2v) is 4.61. The molecule has 0 radical (unpaired) electrons. The first-order chi connectivity index (χ1) is 8.58. The van der Waals surface area contributed by atoms with Crippen LogP contribution in [0, 0.1) is 6.92 Å². The van der Waals surface area contributed by atoms with E-state index in [0.717, 1.165) is 22.4 Å². The second-order valence-electron chi connectivity index (χ2n) is 4.61. The predicted octanol–water partition coefficient (Wildman–Crippen LogP) is 3.43. The van der Waals surface area contributed by atoms with Crippen molar-refractivity contribution in [2.45, 2.75) is 26.9 Å². The fraction of sp³-hybridized carbons (Fsp3) is 0.267. The average Bonchev–Trinajstić information content (AvgIpc) is 2.33. The molecule has 0 unspecified atom stereocenters. The number of nitrogens with two attached hydrogens (primary N) is 1. The number of pyridine rings is 1. The fourth-order valence-corrected chi connectivity index (χ4v) is 1.91. The second kappa shape index (κ2) is 5.08. The molecular formula is C15H18N2O. The Morgan fingerprint density at radius 1 is 1.17 bits per heavy atom. The molecule has 0 atom stereocenters. The third kappa shape index (κ3) is 2.62. The van der Waals surface area contributed by atoms with Crippen LogP contribution in [0.5, 0.6) is 5.75 Å². The van der Waals surface area contributed by atoms with E-state index in [2.05, 4.69) is 4.98 Å². The minimum Gasteiger partial charge on any atom is -0.489 e. The van der Waals surface area contributed by atoms with Crippen molar-refractivity contribution in [1.82, 2.24) is 4.98 Å². The number of anilines is 1. The van der Waals surface area contributed by atoms with Gasteiger partial charge in [-0.25, -0.2) is 0 Å². The van der Waals surface area contributed by atoms with E-state index in [9.17, 15) is 0 Å². The molecule has 0 amide bonds. The van der Waals surface area contributed by atoms with Gasteiger partial charge >= 0.3 is 0 Å². The van der Waals surface area contributed by atoms with Gasteiger partial charge in [0.2, 0.25) is 0 Å². The lowest BCUT2D eigenvalue weighted by atomic mass is 10.0. The van der Waals surface area contributed by atoms with Crippen molar-refractivity contribution in [3.05, 3.63) is 42.2 Å². The molecule has 1 aromatic carbocycles. The minimum atomic E-state index is 0.111. The Morgan fingerprint density at radius 3 is 2.44 bits per heavy atom. The minimum absolute atomic E-state index is 0.111. The van der Waals surface area contributed by atoms with Crippen LogP contribution in [0.2, 0.25) is 0 Å². The summed E-state index contributed by atoms with van der Waals surface area (Å²) < 4.78 is 5.72. The molecule has 2 rings (SSSR count). The lowest BCUT2D eigenvalue weighted by molar-refractivity contribution is 0.244. The molecule has 1 aromatic heterocycles. The maximum Gasteiger partial charge on any atom is 0.143 e. The molecule has 0 fully saturated rings. The number of hydrogen-bond acceptors (Lipinski definition) is 3. The van der Waals surface area contributed by atoms with Crippen LogP contribution in [0.15, 0.2) is 36.7 Å². The number of ether oxygens (including phenoxy) is 1. The van der Waals surface area contributed by atoms with Crippen molar-refractivity contribution in [3.63, 3.8) is 0 Å². The highest BCUT2D eigenvalue weighted by atomic mass is 16.5. The van der Waals surface area contributed by atoms with Gasteiger partial charge in [0.1, 0.15) is 5.75 Å². The number of nitrogens with zero attached hydrogens (tertiary/aromatic N) is 1. The molecule has 0 aliphatic rings. The SMILES string of the molecule is Cc1cc(N)c(OC(C)C)cc1-c1ccncc1. The van der Waals surface area contributed by atoms with Gasteiger partial charge in [-0.3, -0.25) is 4.98 Å². The smallest absolute Gasteiger partial charge is 0.143 e. The van der Waals surface area contributed by atoms with Gasteiger partial charge in [0.25, 0.3) is 0 Å². The number of aryl methyl sites for hydroxylation is 1. The zero-order valence-corrected chi connectivity index (χ0v) is 11.0. The molecule has 0 aliphatic heterocycles. The lowest BCUT2D eigenvalue weighted by Crippen LogP contribution is -2.07. The van der Waals surface area contributed by atoms with Crippen LogP contribution in [-0.2, 0) is 0 Å². The average molecular weight is 242 g/mol. The molecule has 18 heavy (non-hydrogen) atoms. The van der Waals surface area contributed by atoms with Crippen LogP contribution in [0.1, 0.15) is 19.4 Å². The van der Waals surface area contributed by atoms with Gasteiger partial charge in [0, 0.05) is 12.4 Å². The summed E-state index contributed by atoms with van der Waals surface area (Å²) in [5, 5.41) is 0. The molecule has 2 N–H and O–H groups in total. The van der Waals surface area contributed by atoms with Gasteiger partial charge in [0.15, 0.2) is 0 Å². The molecule has 0 bridgehead atoms. The maximum atomic E-state index is 5.98. The first-order valence-corrected chi connectivity index (χ1v) is 6.05.